The van der Waals surface area contributed by atoms with Gasteiger partial charge in [-0.05, 0) is 12.0 Å². The van der Waals surface area contributed by atoms with Crippen molar-refractivity contribution in [2.75, 3.05) is 17.2 Å². The maximum Gasteiger partial charge on any atom is 0.224 e. The van der Waals surface area contributed by atoms with Crippen LogP contribution >= 0.6 is 0 Å². The van der Waals surface area contributed by atoms with Crippen LogP contribution in [-0.4, -0.2) is 19.9 Å². The summed E-state index contributed by atoms with van der Waals surface area (Å²) in [4.78, 5) is 16.7. The van der Waals surface area contributed by atoms with E-state index in [1.807, 2.05) is 24.3 Å². The number of anilines is 3. The first-order valence-electron chi connectivity index (χ1n) is 6.54. The third-order valence-corrected chi connectivity index (χ3v) is 3.26. The van der Waals surface area contributed by atoms with Crippen LogP contribution in [-0.2, 0) is 6.42 Å². The van der Waals surface area contributed by atoms with Gasteiger partial charge in [0.15, 0.2) is 22.8 Å². The van der Waals surface area contributed by atoms with Crippen molar-refractivity contribution in [3.8, 4) is 11.3 Å². The van der Waals surface area contributed by atoms with Crippen LogP contribution in [0.1, 0.15) is 12.5 Å². The molecule has 0 amide bonds. The van der Waals surface area contributed by atoms with Crippen molar-refractivity contribution in [1.82, 2.24) is 19.9 Å². The van der Waals surface area contributed by atoms with Crippen molar-refractivity contribution in [2.45, 2.75) is 13.3 Å². The summed E-state index contributed by atoms with van der Waals surface area (Å²) in [5, 5.41) is 0. The zero-order valence-electron chi connectivity index (χ0n) is 11.5. The van der Waals surface area contributed by atoms with Gasteiger partial charge >= 0.3 is 0 Å². The average Bonchev–Trinajstić information content (AvgIpc) is 2.46. The van der Waals surface area contributed by atoms with Gasteiger partial charge in [-0.15, -0.1) is 0 Å². The van der Waals surface area contributed by atoms with Crippen LogP contribution in [0.15, 0.2) is 24.3 Å². The molecule has 0 aliphatic carbocycles. The minimum Gasteiger partial charge on any atom is -0.382 e. The predicted molar refractivity (Wildman–Crippen MR) is 83.2 cm³/mol. The highest BCUT2D eigenvalue weighted by atomic mass is 15.1. The van der Waals surface area contributed by atoms with E-state index in [1.54, 1.807) is 0 Å². The summed E-state index contributed by atoms with van der Waals surface area (Å²) in [6.07, 6.45) is 0.864. The molecule has 7 nitrogen and oxygen atoms in total. The predicted octanol–water partition coefficient (Wildman–Crippen LogP) is 1.40. The van der Waals surface area contributed by atoms with Crippen LogP contribution in [0.3, 0.4) is 0 Å². The van der Waals surface area contributed by atoms with Crippen molar-refractivity contribution in [3.63, 3.8) is 0 Å². The molecule has 0 bridgehead atoms. The molecule has 2 heterocycles. The molecule has 0 saturated carbocycles. The summed E-state index contributed by atoms with van der Waals surface area (Å²) >= 11 is 0. The van der Waals surface area contributed by atoms with E-state index < -0.39 is 0 Å². The van der Waals surface area contributed by atoms with Crippen LogP contribution in [0.4, 0.5) is 17.6 Å². The van der Waals surface area contributed by atoms with E-state index in [9.17, 15) is 0 Å². The Balaban J connectivity index is 2.31. The first-order valence-corrected chi connectivity index (χ1v) is 6.54. The van der Waals surface area contributed by atoms with Gasteiger partial charge in [0.1, 0.15) is 5.69 Å². The van der Waals surface area contributed by atoms with Crippen molar-refractivity contribution >= 4 is 28.7 Å². The number of nitrogen functional groups attached to an aromatic ring is 3. The van der Waals surface area contributed by atoms with E-state index in [-0.39, 0.29) is 11.8 Å². The molecule has 3 rings (SSSR count). The van der Waals surface area contributed by atoms with Crippen LogP contribution in [0.2, 0.25) is 0 Å². The highest BCUT2D eigenvalue weighted by Crippen LogP contribution is 2.29. The first-order chi connectivity index (χ1) is 10.1. The summed E-state index contributed by atoms with van der Waals surface area (Å²) in [5.74, 6) is 0.538. The molecule has 0 aliphatic heterocycles. The standard InChI is InChI=1S/C14H15N7/c1-2-7-5-3-4-6-8(7)9-11(15)19-13-10(18-9)12(16)20-14(17)21-13/h3-6H,2H2,1H3,(H6,15,16,17,19,20,21). The Morgan fingerprint density at radius 1 is 0.905 bits per heavy atom. The van der Waals surface area contributed by atoms with E-state index in [4.69, 9.17) is 17.2 Å². The smallest absolute Gasteiger partial charge is 0.224 e. The van der Waals surface area contributed by atoms with Gasteiger partial charge in [0.2, 0.25) is 5.95 Å². The third-order valence-electron chi connectivity index (χ3n) is 3.26. The molecule has 0 atom stereocenters. The van der Waals surface area contributed by atoms with Gasteiger partial charge in [-0.25, -0.2) is 9.97 Å². The van der Waals surface area contributed by atoms with Crippen molar-refractivity contribution in [2.24, 2.45) is 0 Å². The van der Waals surface area contributed by atoms with E-state index in [2.05, 4.69) is 26.9 Å². The number of hydrogen-bond donors (Lipinski definition) is 3. The molecule has 0 fully saturated rings. The minimum absolute atomic E-state index is 0.0513. The Labute approximate surface area is 121 Å². The SMILES string of the molecule is CCc1ccccc1-c1nc2c(N)nc(N)nc2nc1N. The summed E-state index contributed by atoms with van der Waals surface area (Å²) in [5.41, 5.74) is 20.8. The minimum atomic E-state index is 0.0513. The molecule has 0 aliphatic rings. The van der Waals surface area contributed by atoms with Crippen LogP contribution in [0, 0.1) is 0 Å². The molecule has 21 heavy (non-hydrogen) atoms. The zero-order chi connectivity index (χ0) is 15.0. The molecule has 1 aromatic carbocycles. The molecular formula is C14H15N7. The number of aryl methyl sites for hydroxylation is 1. The molecule has 0 saturated heterocycles. The maximum absolute atomic E-state index is 6.03. The molecule has 3 aromatic rings. The van der Waals surface area contributed by atoms with Gasteiger partial charge in [0.25, 0.3) is 0 Å². The number of hydrogen-bond acceptors (Lipinski definition) is 7. The fourth-order valence-corrected chi connectivity index (χ4v) is 2.26. The van der Waals surface area contributed by atoms with Crippen LogP contribution in [0.25, 0.3) is 22.4 Å². The summed E-state index contributed by atoms with van der Waals surface area (Å²) in [7, 11) is 0. The fourth-order valence-electron chi connectivity index (χ4n) is 2.26. The number of nitrogens with two attached hydrogens (primary N) is 3. The van der Waals surface area contributed by atoms with Crippen molar-refractivity contribution < 1.29 is 0 Å². The number of benzene rings is 1. The summed E-state index contributed by atoms with van der Waals surface area (Å²) in [6.45, 7) is 2.07. The quantitative estimate of drug-likeness (QED) is 0.647. The number of nitrogens with zero attached hydrogens (tertiary/aromatic N) is 4. The van der Waals surface area contributed by atoms with E-state index in [0.717, 1.165) is 17.5 Å². The Morgan fingerprint density at radius 2 is 1.67 bits per heavy atom. The third kappa shape index (κ3) is 2.18. The van der Waals surface area contributed by atoms with Crippen LogP contribution < -0.4 is 17.2 Å². The lowest BCUT2D eigenvalue weighted by atomic mass is 10.0. The number of aromatic nitrogens is 4. The number of rotatable bonds is 2. The van der Waals surface area contributed by atoms with Crippen molar-refractivity contribution in [3.05, 3.63) is 29.8 Å². The summed E-state index contributed by atoms with van der Waals surface area (Å²) in [6, 6.07) is 7.90. The lowest BCUT2D eigenvalue weighted by Gasteiger charge is -2.10. The normalized spacial score (nSPS) is 10.9. The second kappa shape index (κ2) is 4.86. The molecule has 0 unspecified atom stereocenters. The Morgan fingerprint density at radius 3 is 2.43 bits per heavy atom. The molecule has 106 valence electrons. The fraction of sp³-hybridized carbons (Fsp3) is 0.143. The topological polar surface area (TPSA) is 130 Å². The van der Waals surface area contributed by atoms with Gasteiger partial charge in [-0.3, -0.25) is 0 Å². The molecule has 0 radical (unpaired) electrons. The molecular weight excluding hydrogens is 266 g/mol. The van der Waals surface area contributed by atoms with Gasteiger partial charge < -0.3 is 17.2 Å². The van der Waals surface area contributed by atoms with E-state index in [0.29, 0.717) is 22.7 Å². The van der Waals surface area contributed by atoms with Gasteiger partial charge in [0.05, 0.1) is 0 Å². The molecule has 6 N–H and O–H groups in total. The van der Waals surface area contributed by atoms with E-state index in [1.165, 1.54) is 0 Å². The monoisotopic (exact) mass is 281 g/mol. The maximum atomic E-state index is 6.03. The molecule has 2 aromatic heterocycles. The van der Waals surface area contributed by atoms with Gasteiger partial charge in [-0.2, -0.15) is 9.97 Å². The van der Waals surface area contributed by atoms with Crippen LogP contribution in [0.5, 0.6) is 0 Å². The van der Waals surface area contributed by atoms with Gasteiger partial charge in [-0.1, -0.05) is 31.2 Å². The first kappa shape index (κ1) is 13.0. The molecule has 7 heteroatoms. The zero-order valence-corrected chi connectivity index (χ0v) is 11.5. The summed E-state index contributed by atoms with van der Waals surface area (Å²) < 4.78 is 0. The Hall–Kier alpha value is -2.96. The van der Waals surface area contributed by atoms with Gasteiger partial charge in [0, 0.05) is 5.56 Å². The van der Waals surface area contributed by atoms with E-state index >= 15 is 0 Å². The average molecular weight is 281 g/mol. The largest absolute Gasteiger partial charge is 0.382 e. The molecule has 0 spiro atoms. The Kier molecular flexibility index (Phi) is 3.02. The van der Waals surface area contributed by atoms with Crippen molar-refractivity contribution in [1.29, 1.82) is 0 Å². The highest BCUT2D eigenvalue weighted by Gasteiger charge is 2.14. The lowest BCUT2D eigenvalue weighted by Crippen LogP contribution is -2.06. The lowest BCUT2D eigenvalue weighted by molar-refractivity contribution is 1.13. The Bertz CT molecular complexity index is 829. The second-order valence-corrected chi connectivity index (χ2v) is 4.61. The second-order valence-electron chi connectivity index (χ2n) is 4.61. The number of fused-ring (bicyclic) bond motifs is 1. The highest BCUT2D eigenvalue weighted by molar-refractivity contribution is 5.87.